The maximum absolute atomic E-state index is 13.6. The van der Waals surface area contributed by atoms with Crippen LogP contribution in [-0.2, 0) is 12.7 Å². The summed E-state index contributed by atoms with van der Waals surface area (Å²) < 4.78 is 46.9. The molecular weight excluding hydrogens is 435 g/mol. The molecule has 0 unspecified atom stereocenters. The van der Waals surface area contributed by atoms with E-state index in [9.17, 15) is 18.0 Å². The van der Waals surface area contributed by atoms with Crippen LogP contribution in [0.1, 0.15) is 46.2 Å². The Hall–Kier alpha value is -3.14. The van der Waals surface area contributed by atoms with E-state index in [0.29, 0.717) is 31.9 Å². The first-order valence-electron chi connectivity index (χ1n) is 10.9. The van der Waals surface area contributed by atoms with E-state index in [-0.39, 0.29) is 23.2 Å². The number of aromatic nitrogens is 3. The molecule has 3 heterocycles. The fourth-order valence-corrected chi connectivity index (χ4v) is 4.19. The number of carbonyl (C=O) groups is 1. The number of halogens is 3. The predicted molar refractivity (Wildman–Crippen MR) is 114 cm³/mol. The number of piperazine rings is 1. The maximum atomic E-state index is 13.6. The number of fused-ring (bicyclic) bond motifs is 1. The van der Waals surface area contributed by atoms with Crippen molar-refractivity contribution in [1.82, 2.24) is 24.4 Å². The number of methoxy groups -OCH3 is 1. The molecule has 2 aliphatic rings. The van der Waals surface area contributed by atoms with E-state index < -0.39 is 11.9 Å². The Morgan fingerprint density at radius 1 is 1.12 bits per heavy atom. The predicted octanol–water partition coefficient (Wildman–Crippen LogP) is 3.59. The van der Waals surface area contributed by atoms with Crippen molar-refractivity contribution in [3.63, 3.8) is 0 Å². The SMILES string of the molecule is COc1cccc(CN2CCN(C(=O)c3cc4nc(C5CC5)cc(C(F)(F)F)n4n3)CC2)c1. The minimum atomic E-state index is -4.58. The van der Waals surface area contributed by atoms with Gasteiger partial charge in [-0.25, -0.2) is 9.50 Å². The second-order valence-electron chi connectivity index (χ2n) is 8.56. The number of alkyl halides is 3. The van der Waals surface area contributed by atoms with Crippen LogP contribution in [0.3, 0.4) is 0 Å². The van der Waals surface area contributed by atoms with Crippen LogP contribution < -0.4 is 4.74 Å². The van der Waals surface area contributed by atoms with Gasteiger partial charge in [-0.05, 0) is 36.6 Å². The molecular formula is C23H24F3N5O2. The van der Waals surface area contributed by atoms with Gasteiger partial charge in [-0.1, -0.05) is 12.1 Å². The molecule has 1 aliphatic heterocycles. The molecule has 174 valence electrons. The van der Waals surface area contributed by atoms with E-state index in [2.05, 4.69) is 15.0 Å². The minimum absolute atomic E-state index is 0.0119. The molecule has 1 aliphatic carbocycles. The molecule has 0 N–H and O–H groups in total. The van der Waals surface area contributed by atoms with Gasteiger partial charge in [0.15, 0.2) is 11.3 Å². The van der Waals surface area contributed by atoms with Crippen molar-refractivity contribution in [3.05, 3.63) is 59.0 Å². The van der Waals surface area contributed by atoms with Crippen molar-refractivity contribution >= 4 is 11.6 Å². The molecule has 1 saturated carbocycles. The molecule has 10 heteroatoms. The Kier molecular flexibility index (Phi) is 5.48. The van der Waals surface area contributed by atoms with Crippen LogP contribution in [0.4, 0.5) is 13.2 Å². The van der Waals surface area contributed by atoms with E-state index in [0.717, 1.165) is 41.3 Å². The average molecular weight is 459 g/mol. The van der Waals surface area contributed by atoms with Gasteiger partial charge >= 0.3 is 6.18 Å². The molecule has 2 fully saturated rings. The topological polar surface area (TPSA) is 63.0 Å². The summed E-state index contributed by atoms with van der Waals surface area (Å²) in [5, 5.41) is 4.00. The summed E-state index contributed by atoms with van der Waals surface area (Å²) in [4.78, 5) is 21.2. The molecule has 0 atom stereocenters. The van der Waals surface area contributed by atoms with Crippen molar-refractivity contribution in [2.75, 3.05) is 33.3 Å². The van der Waals surface area contributed by atoms with Crippen LogP contribution in [0.2, 0.25) is 0 Å². The fraction of sp³-hybridized carbons (Fsp3) is 0.435. The van der Waals surface area contributed by atoms with Gasteiger partial charge in [0.2, 0.25) is 0 Å². The smallest absolute Gasteiger partial charge is 0.433 e. The number of hydrogen-bond acceptors (Lipinski definition) is 5. The van der Waals surface area contributed by atoms with Crippen LogP contribution in [-0.4, -0.2) is 63.6 Å². The van der Waals surface area contributed by atoms with Gasteiger partial charge in [-0.2, -0.15) is 18.3 Å². The van der Waals surface area contributed by atoms with Crippen molar-refractivity contribution in [3.8, 4) is 5.75 Å². The standard InChI is InChI=1S/C23H24F3N5O2/c1-33-17-4-2-3-15(11-17)14-29-7-9-30(10-8-29)22(32)19-13-21-27-18(16-5-6-16)12-20(23(24,25)26)31(21)28-19/h2-4,11-13,16H,5-10,14H2,1H3. The molecule has 7 nitrogen and oxygen atoms in total. The van der Waals surface area contributed by atoms with E-state index in [4.69, 9.17) is 4.74 Å². The van der Waals surface area contributed by atoms with Gasteiger partial charge < -0.3 is 9.64 Å². The van der Waals surface area contributed by atoms with Crippen molar-refractivity contribution in [2.45, 2.75) is 31.5 Å². The zero-order valence-corrected chi connectivity index (χ0v) is 18.2. The van der Waals surface area contributed by atoms with Crippen LogP contribution in [0.5, 0.6) is 5.75 Å². The first kappa shape index (κ1) is 21.7. The van der Waals surface area contributed by atoms with Crippen molar-refractivity contribution in [2.24, 2.45) is 0 Å². The zero-order valence-electron chi connectivity index (χ0n) is 18.2. The van der Waals surface area contributed by atoms with Crippen LogP contribution in [0, 0.1) is 0 Å². The number of nitrogens with zero attached hydrogens (tertiary/aromatic N) is 5. The van der Waals surface area contributed by atoms with Gasteiger partial charge in [0.25, 0.3) is 5.91 Å². The molecule has 5 rings (SSSR count). The van der Waals surface area contributed by atoms with Gasteiger partial charge in [0, 0.05) is 50.4 Å². The Bertz CT molecular complexity index is 1180. The quantitative estimate of drug-likeness (QED) is 0.584. The largest absolute Gasteiger partial charge is 0.497 e. The summed E-state index contributed by atoms with van der Waals surface area (Å²) in [7, 11) is 1.63. The minimum Gasteiger partial charge on any atom is -0.497 e. The summed E-state index contributed by atoms with van der Waals surface area (Å²) in [6, 6.07) is 10.3. The maximum Gasteiger partial charge on any atom is 0.433 e. The number of amides is 1. The van der Waals surface area contributed by atoms with Crippen molar-refractivity contribution < 1.29 is 22.7 Å². The molecule has 2 aromatic heterocycles. The second-order valence-corrected chi connectivity index (χ2v) is 8.56. The number of benzene rings is 1. The van der Waals surface area contributed by atoms with E-state index in [1.165, 1.54) is 6.07 Å². The third kappa shape index (κ3) is 4.52. The van der Waals surface area contributed by atoms with Crippen LogP contribution >= 0.6 is 0 Å². The lowest BCUT2D eigenvalue weighted by Crippen LogP contribution is -2.48. The number of hydrogen-bond donors (Lipinski definition) is 0. The Morgan fingerprint density at radius 3 is 2.55 bits per heavy atom. The molecule has 1 saturated heterocycles. The summed E-state index contributed by atoms with van der Waals surface area (Å²) in [5.41, 5.74) is 0.692. The molecule has 3 aromatic rings. The third-order valence-electron chi connectivity index (χ3n) is 6.15. The monoisotopic (exact) mass is 459 g/mol. The lowest BCUT2D eigenvalue weighted by Gasteiger charge is -2.34. The molecule has 0 radical (unpaired) electrons. The molecule has 1 aromatic carbocycles. The third-order valence-corrected chi connectivity index (χ3v) is 6.15. The Morgan fingerprint density at radius 2 is 1.88 bits per heavy atom. The van der Waals surface area contributed by atoms with Gasteiger partial charge in [-0.15, -0.1) is 0 Å². The summed E-state index contributed by atoms with van der Waals surface area (Å²) in [5.74, 6) is 0.482. The summed E-state index contributed by atoms with van der Waals surface area (Å²) in [6.07, 6.45) is -2.91. The highest BCUT2D eigenvalue weighted by Gasteiger charge is 2.38. The molecule has 0 bridgehead atoms. The normalized spacial score (nSPS) is 17.5. The first-order valence-corrected chi connectivity index (χ1v) is 10.9. The lowest BCUT2D eigenvalue weighted by molar-refractivity contribution is -0.142. The van der Waals surface area contributed by atoms with Gasteiger partial charge in [-0.3, -0.25) is 9.69 Å². The highest BCUT2D eigenvalue weighted by molar-refractivity contribution is 5.93. The molecule has 1 amide bonds. The Labute approximate surface area is 188 Å². The van der Waals surface area contributed by atoms with E-state index in [1.807, 2.05) is 24.3 Å². The number of rotatable bonds is 5. The second kappa shape index (κ2) is 8.33. The van der Waals surface area contributed by atoms with Crippen molar-refractivity contribution in [1.29, 1.82) is 0 Å². The Balaban J connectivity index is 1.30. The highest BCUT2D eigenvalue weighted by atomic mass is 19.4. The van der Waals surface area contributed by atoms with Crippen LogP contribution in [0.15, 0.2) is 36.4 Å². The zero-order chi connectivity index (χ0) is 23.2. The number of carbonyl (C=O) groups excluding carboxylic acids is 1. The fourth-order valence-electron chi connectivity index (χ4n) is 4.19. The van der Waals surface area contributed by atoms with Crippen LogP contribution in [0.25, 0.3) is 5.65 Å². The molecule has 0 spiro atoms. The number of ether oxygens (including phenoxy) is 1. The first-order chi connectivity index (χ1) is 15.8. The van der Waals surface area contributed by atoms with E-state index in [1.54, 1.807) is 12.0 Å². The van der Waals surface area contributed by atoms with Gasteiger partial charge in [0.05, 0.1) is 7.11 Å². The highest BCUT2D eigenvalue weighted by Crippen LogP contribution is 2.41. The van der Waals surface area contributed by atoms with E-state index >= 15 is 0 Å². The average Bonchev–Trinajstić information content (AvgIpc) is 3.56. The van der Waals surface area contributed by atoms with Gasteiger partial charge in [0.1, 0.15) is 11.4 Å². The molecule has 33 heavy (non-hydrogen) atoms. The lowest BCUT2D eigenvalue weighted by atomic mass is 10.2. The summed E-state index contributed by atoms with van der Waals surface area (Å²) in [6.45, 7) is 3.01. The summed E-state index contributed by atoms with van der Waals surface area (Å²) >= 11 is 0.